The van der Waals surface area contributed by atoms with Gasteiger partial charge in [0.05, 0.1) is 25.1 Å². The molecule has 1 aliphatic heterocycles. The van der Waals surface area contributed by atoms with Crippen LogP contribution < -0.4 is 4.90 Å². The largest absolute Gasteiger partial charge is 0.393 e. The van der Waals surface area contributed by atoms with Crippen LogP contribution in [-0.4, -0.2) is 48.2 Å². The van der Waals surface area contributed by atoms with E-state index in [1.807, 2.05) is 32.9 Å². The van der Waals surface area contributed by atoms with E-state index in [4.69, 9.17) is 5.26 Å². The summed E-state index contributed by atoms with van der Waals surface area (Å²) in [5, 5.41) is 18.6. The molecule has 0 radical (unpaired) electrons. The van der Waals surface area contributed by atoms with Crippen molar-refractivity contribution in [3.8, 4) is 6.07 Å². The molecule has 136 valence electrons. The Bertz CT molecular complexity index is 608. The molecule has 1 amide bonds. The summed E-state index contributed by atoms with van der Waals surface area (Å²) >= 11 is 0. The van der Waals surface area contributed by atoms with Gasteiger partial charge in [0.25, 0.3) is 0 Å². The van der Waals surface area contributed by atoms with Crippen LogP contribution in [0.1, 0.15) is 37.3 Å². The number of aryl methyl sites for hydroxylation is 2. The minimum absolute atomic E-state index is 0.0377. The van der Waals surface area contributed by atoms with Crippen LogP contribution in [0.4, 0.5) is 5.69 Å². The SMILES string of the molecule is Cc1cc(C)cc(N(CCC#N)C(=O)CN2CCC(C(C)O)CC2)c1. The van der Waals surface area contributed by atoms with Crippen molar-refractivity contribution in [2.75, 3.05) is 31.1 Å². The molecule has 0 aliphatic carbocycles. The zero-order valence-corrected chi connectivity index (χ0v) is 15.5. The lowest BCUT2D eigenvalue weighted by molar-refractivity contribution is -0.120. The van der Waals surface area contributed by atoms with Gasteiger partial charge < -0.3 is 10.0 Å². The summed E-state index contributed by atoms with van der Waals surface area (Å²) in [6, 6.07) is 8.22. The molecular weight excluding hydrogens is 314 g/mol. The number of likely N-dealkylation sites (tertiary alicyclic amines) is 1. The van der Waals surface area contributed by atoms with Gasteiger partial charge in [0, 0.05) is 12.2 Å². The van der Waals surface area contributed by atoms with Crippen LogP contribution in [0.15, 0.2) is 18.2 Å². The topological polar surface area (TPSA) is 67.6 Å². The van der Waals surface area contributed by atoms with Crippen molar-refractivity contribution in [3.63, 3.8) is 0 Å². The van der Waals surface area contributed by atoms with Crippen LogP contribution in [0, 0.1) is 31.1 Å². The fourth-order valence-corrected chi connectivity index (χ4v) is 3.54. The normalized spacial score (nSPS) is 17.1. The van der Waals surface area contributed by atoms with Gasteiger partial charge >= 0.3 is 0 Å². The van der Waals surface area contributed by atoms with Crippen LogP contribution >= 0.6 is 0 Å². The van der Waals surface area contributed by atoms with Crippen LogP contribution in [0.25, 0.3) is 0 Å². The number of aliphatic hydroxyl groups excluding tert-OH is 1. The number of amides is 1. The van der Waals surface area contributed by atoms with Crippen molar-refractivity contribution in [1.29, 1.82) is 5.26 Å². The van der Waals surface area contributed by atoms with E-state index in [1.54, 1.807) is 4.90 Å². The van der Waals surface area contributed by atoms with Crippen LogP contribution in [0.2, 0.25) is 0 Å². The fourth-order valence-electron chi connectivity index (χ4n) is 3.54. The first kappa shape index (κ1) is 19.4. The number of aliphatic hydroxyl groups is 1. The number of benzene rings is 1. The third-order valence-corrected chi connectivity index (χ3v) is 4.94. The lowest BCUT2D eigenvalue weighted by atomic mass is 9.92. The molecule has 0 spiro atoms. The highest BCUT2D eigenvalue weighted by molar-refractivity contribution is 5.95. The number of nitrogens with zero attached hydrogens (tertiary/aromatic N) is 3. The molecule has 1 saturated heterocycles. The summed E-state index contributed by atoms with van der Waals surface area (Å²) in [5.74, 6) is 0.371. The summed E-state index contributed by atoms with van der Waals surface area (Å²) in [6.07, 6.45) is 1.89. The smallest absolute Gasteiger partial charge is 0.241 e. The maximum Gasteiger partial charge on any atom is 0.241 e. The van der Waals surface area contributed by atoms with Gasteiger partial charge in [-0.05, 0) is 75.9 Å². The monoisotopic (exact) mass is 343 g/mol. The molecule has 1 fully saturated rings. The summed E-state index contributed by atoms with van der Waals surface area (Å²) in [5.41, 5.74) is 3.10. The van der Waals surface area contributed by atoms with Crippen molar-refractivity contribution in [3.05, 3.63) is 29.3 Å². The summed E-state index contributed by atoms with van der Waals surface area (Å²) in [7, 11) is 0. The average Bonchev–Trinajstić information content (AvgIpc) is 2.55. The lowest BCUT2D eigenvalue weighted by Crippen LogP contribution is -2.45. The highest BCUT2D eigenvalue weighted by Gasteiger charge is 2.25. The van der Waals surface area contributed by atoms with Crippen molar-refractivity contribution in [1.82, 2.24) is 4.90 Å². The average molecular weight is 343 g/mol. The second-order valence-electron chi connectivity index (χ2n) is 7.15. The number of piperidine rings is 1. The van der Waals surface area contributed by atoms with Gasteiger partial charge in [-0.2, -0.15) is 5.26 Å². The molecule has 25 heavy (non-hydrogen) atoms. The van der Waals surface area contributed by atoms with Crippen molar-refractivity contribution < 1.29 is 9.90 Å². The van der Waals surface area contributed by atoms with Gasteiger partial charge in [-0.25, -0.2) is 0 Å². The minimum atomic E-state index is -0.278. The molecule has 0 saturated carbocycles. The quantitative estimate of drug-likeness (QED) is 0.862. The third-order valence-electron chi connectivity index (χ3n) is 4.94. The zero-order valence-electron chi connectivity index (χ0n) is 15.5. The molecule has 1 unspecified atom stereocenters. The minimum Gasteiger partial charge on any atom is -0.393 e. The molecule has 0 bridgehead atoms. The number of carbonyl (C=O) groups excluding carboxylic acids is 1. The first-order chi connectivity index (χ1) is 11.9. The molecule has 1 heterocycles. The Morgan fingerprint density at radius 3 is 2.44 bits per heavy atom. The first-order valence-electron chi connectivity index (χ1n) is 9.06. The number of rotatable bonds is 6. The number of nitriles is 1. The number of carbonyl (C=O) groups is 1. The van der Waals surface area contributed by atoms with E-state index in [0.29, 0.717) is 25.4 Å². The molecule has 1 aromatic rings. The predicted octanol–water partition coefficient (Wildman–Crippen LogP) is 2.64. The number of hydrogen-bond donors (Lipinski definition) is 1. The van der Waals surface area contributed by atoms with Gasteiger partial charge in [-0.3, -0.25) is 9.69 Å². The van der Waals surface area contributed by atoms with E-state index in [-0.39, 0.29) is 12.0 Å². The molecule has 0 aromatic heterocycles. The maximum absolute atomic E-state index is 12.9. The Morgan fingerprint density at radius 2 is 1.92 bits per heavy atom. The third kappa shape index (κ3) is 5.55. The highest BCUT2D eigenvalue weighted by atomic mass is 16.3. The summed E-state index contributed by atoms with van der Waals surface area (Å²) < 4.78 is 0. The lowest BCUT2D eigenvalue weighted by Gasteiger charge is -2.34. The predicted molar refractivity (Wildman–Crippen MR) is 99.3 cm³/mol. The Balaban J connectivity index is 2.05. The number of anilines is 1. The second-order valence-corrected chi connectivity index (χ2v) is 7.15. The molecular formula is C20H29N3O2. The Hall–Kier alpha value is -1.90. The van der Waals surface area contributed by atoms with E-state index < -0.39 is 0 Å². The molecule has 1 aliphatic rings. The van der Waals surface area contributed by atoms with E-state index in [1.165, 1.54) is 0 Å². The van der Waals surface area contributed by atoms with Crippen molar-refractivity contribution >= 4 is 11.6 Å². The van der Waals surface area contributed by atoms with Crippen molar-refractivity contribution in [2.24, 2.45) is 5.92 Å². The van der Waals surface area contributed by atoms with Gasteiger partial charge in [-0.15, -0.1) is 0 Å². The Labute approximate surface area is 150 Å². The van der Waals surface area contributed by atoms with E-state index in [0.717, 1.165) is 42.7 Å². The standard InChI is InChI=1S/C20H29N3O2/c1-15-11-16(2)13-19(12-15)23(8-4-7-21)20(25)14-22-9-5-18(6-10-22)17(3)24/h11-13,17-18,24H,4-6,8-10,14H2,1-3H3. The molecule has 1 aromatic carbocycles. The molecule has 1 atom stereocenters. The van der Waals surface area contributed by atoms with Gasteiger partial charge in [0.15, 0.2) is 0 Å². The van der Waals surface area contributed by atoms with E-state index >= 15 is 0 Å². The molecule has 5 nitrogen and oxygen atoms in total. The summed E-state index contributed by atoms with van der Waals surface area (Å²) in [6.45, 7) is 8.33. The maximum atomic E-state index is 12.9. The molecule has 1 N–H and O–H groups in total. The Morgan fingerprint density at radius 1 is 1.32 bits per heavy atom. The first-order valence-corrected chi connectivity index (χ1v) is 9.06. The fraction of sp³-hybridized carbons (Fsp3) is 0.600. The zero-order chi connectivity index (χ0) is 18.4. The molecule has 2 rings (SSSR count). The van der Waals surface area contributed by atoms with Crippen molar-refractivity contribution in [2.45, 2.75) is 46.1 Å². The van der Waals surface area contributed by atoms with E-state index in [2.05, 4.69) is 17.0 Å². The van der Waals surface area contributed by atoms with Crippen LogP contribution in [0.3, 0.4) is 0 Å². The highest BCUT2D eigenvalue weighted by Crippen LogP contribution is 2.22. The van der Waals surface area contributed by atoms with Crippen LogP contribution in [0.5, 0.6) is 0 Å². The van der Waals surface area contributed by atoms with Gasteiger partial charge in [0.1, 0.15) is 0 Å². The van der Waals surface area contributed by atoms with Gasteiger partial charge in [0.2, 0.25) is 5.91 Å². The second kappa shape index (κ2) is 8.98. The van der Waals surface area contributed by atoms with Gasteiger partial charge in [-0.1, -0.05) is 6.07 Å². The molecule has 5 heteroatoms. The van der Waals surface area contributed by atoms with Crippen LogP contribution in [-0.2, 0) is 4.79 Å². The van der Waals surface area contributed by atoms with E-state index in [9.17, 15) is 9.90 Å². The Kier molecular flexibility index (Phi) is 6.98. The summed E-state index contributed by atoms with van der Waals surface area (Å²) in [4.78, 5) is 16.8. The number of hydrogen-bond acceptors (Lipinski definition) is 4.